The number of Topliss-reactive ketones (excluding diaryl/α,β-unsaturated/α-hetero) is 1. The molecule has 1 aliphatic rings. The molecular formula is C21H32N4O3. The number of pyridine rings is 1. The SMILES string of the molecule is CC(=O)CCCCC[C@H](NC(=O)C1CCCCN1C)C(=O)Nc1cccnc1. The third-order valence-corrected chi connectivity index (χ3v) is 5.16. The molecular weight excluding hydrogens is 356 g/mol. The maximum Gasteiger partial charge on any atom is 0.246 e. The summed E-state index contributed by atoms with van der Waals surface area (Å²) in [6.07, 6.45) is 9.72. The van der Waals surface area contributed by atoms with Crippen molar-refractivity contribution in [1.29, 1.82) is 0 Å². The number of hydrogen-bond donors (Lipinski definition) is 2. The number of likely N-dealkylation sites (tertiary alicyclic amines) is 1. The Balaban J connectivity index is 1.94. The van der Waals surface area contributed by atoms with Crippen molar-refractivity contribution in [3.63, 3.8) is 0 Å². The summed E-state index contributed by atoms with van der Waals surface area (Å²) in [5, 5.41) is 5.79. The van der Waals surface area contributed by atoms with Crippen LogP contribution in [0.25, 0.3) is 0 Å². The number of unbranched alkanes of at least 4 members (excludes halogenated alkanes) is 2. The fourth-order valence-electron chi connectivity index (χ4n) is 3.51. The lowest BCUT2D eigenvalue weighted by molar-refractivity contribution is -0.131. The molecule has 0 radical (unpaired) electrons. The van der Waals surface area contributed by atoms with Gasteiger partial charge >= 0.3 is 0 Å². The Morgan fingerprint density at radius 2 is 2.07 bits per heavy atom. The molecule has 2 amide bonds. The van der Waals surface area contributed by atoms with E-state index in [1.54, 1.807) is 31.5 Å². The first-order chi connectivity index (χ1) is 13.5. The highest BCUT2D eigenvalue weighted by molar-refractivity contribution is 5.97. The molecule has 1 aromatic rings. The van der Waals surface area contributed by atoms with Crippen LogP contribution in [0.15, 0.2) is 24.5 Å². The van der Waals surface area contributed by atoms with Gasteiger partial charge in [-0.3, -0.25) is 19.5 Å². The second kappa shape index (κ2) is 11.5. The van der Waals surface area contributed by atoms with E-state index in [4.69, 9.17) is 0 Å². The maximum atomic E-state index is 12.8. The van der Waals surface area contributed by atoms with E-state index in [2.05, 4.69) is 20.5 Å². The number of rotatable bonds is 10. The summed E-state index contributed by atoms with van der Waals surface area (Å²) in [6, 6.07) is 2.74. The molecule has 1 aromatic heterocycles. The Hall–Kier alpha value is -2.28. The summed E-state index contributed by atoms with van der Waals surface area (Å²) in [5.41, 5.74) is 0.609. The van der Waals surface area contributed by atoms with Crippen LogP contribution in [0.5, 0.6) is 0 Å². The molecule has 1 unspecified atom stereocenters. The molecule has 2 atom stereocenters. The van der Waals surface area contributed by atoms with E-state index < -0.39 is 6.04 Å². The van der Waals surface area contributed by atoms with Gasteiger partial charge in [-0.25, -0.2) is 0 Å². The standard InChI is InChI=1S/C21H32N4O3/c1-16(26)9-4-3-5-11-18(20(27)23-17-10-8-13-22-15-17)24-21(28)19-12-6-7-14-25(19)2/h8,10,13,15,18-19H,3-7,9,11-12,14H2,1-2H3,(H,23,27)(H,24,28)/t18-,19?/m0/s1. The monoisotopic (exact) mass is 388 g/mol. The van der Waals surface area contributed by atoms with Gasteiger partial charge < -0.3 is 15.4 Å². The van der Waals surface area contributed by atoms with Gasteiger partial charge in [0, 0.05) is 12.6 Å². The van der Waals surface area contributed by atoms with Gasteiger partial charge in [-0.05, 0) is 58.3 Å². The van der Waals surface area contributed by atoms with Crippen LogP contribution in [0.2, 0.25) is 0 Å². The summed E-state index contributed by atoms with van der Waals surface area (Å²) in [6.45, 7) is 2.49. The third-order valence-electron chi connectivity index (χ3n) is 5.16. The highest BCUT2D eigenvalue weighted by Gasteiger charge is 2.29. The van der Waals surface area contributed by atoms with Crippen LogP contribution in [0.1, 0.15) is 58.3 Å². The van der Waals surface area contributed by atoms with Gasteiger partial charge in [0.1, 0.15) is 11.8 Å². The van der Waals surface area contributed by atoms with Gasteiger partial charge in [0.15, 0.2) is 0 Å². The quantitative estimate of drug-likeness (QED) is 0.601. The van der Waals surface area contributed by atoms with Gasteiger partial charge in [-0.2, -0.15) is 0 Å². The molecule has 0 aliphatic carbocycles. The van der Waals surface area contributed by atoms with Crippen LogP contribution < -0.4 is 10.6 Å². The third kappa shape index (κ3) is 7.38. The number of nitrogens with one attached hydrogen (secondary N) is 2. The van der Waals surface area contributed by atoms with Gasteiger partial charge in [0.05, 0.1) is 17.9 Å². The zero-order valence-corrected chi connectivity index (χ0v) is 16.9. The summed E-state index contributed by atoms with van der Waals surface area (Å²) >= 11 is 0. The zero-order valence-electron chi connectivity index (χ0n) is 16.9. The summed E-state index contributed by atoms with van der Waals surface area (Å²) < 4.78 is 0. The minimum absolute atomic E-state index is 0.0859. The Morgan fingerprint density at radius 1 is 1.25 bits per heavy atom. The van der Waals surface area contributed by atoms with Crippen molar-refractivity contribution in [3.05, 3.63) is 24.5 Å². The number of hydrogen-bond acceptors (Lipinski definition) is 5. The number of ketones is 1. The van der Waals surface area contributed by atoms with E-state index in [9.17, 15) is 14.4 Å². The van der Waals surface area contributed by atoms with Crippen LogP contribution in [0.3, 0.4) is 0 Å². The van der Waals surface area contributed by atoms with Crippen LogP contribution in [-0.2, 0) is 14.4 Å². The predicted octanol–water partition coefficient (Wildman–Crippen LogP) is 2.53. The van der Waals surface area contributed by atoms with Crippen molar-refractivity contribution >= 4 is 23.3 Å². The van der Waals surface area contributed by atoms with Gasteiger partial charge in [0.2, 0.25) is 11.8 Å². The number of amides is 2. The Labute approximate surface area is 167 Å². The summed E-state index contributed by atoms with van der Waals surface area (Å²) in [5.74, 6) is -0.136. The Morgan fingerprint density at radius 3 is 2.75 bits per heavy atom. The molecule has 2 N–H and O–H groups in total. The number of piperidine rings is 1. The lowest BCUT2D eigenvalue weighted by Gasteiger charge is -2.32. The van der Waals surface area contributed by atoms with Crippen molar-refractivity contribution in [2.24, 2.45) is 0 Å². The number of aromatic nitrogens is 1. The Bertz CT molecular complexity index is 650. The molecule has 28 heavy (non-hydrogen) atoms. The van der Waals surface area contributed by atoms with Crippen molar-refractivity contribution < 1.29 is 14.4 Å². The normalized spacial score (nSPS) is 18.3. The molecule has 0 saturated carbocycles. The van der Waals surface area contributed by atoms with Crippen molar-refractivity contribution in [2.45, 2.75) is 70.4 Å². The second-order valence-electron chi connectivity index (χ2n) is 7.59. The minimum atomic E-state index is -0.597. The van der Waals surface area contributed by atoms with Crippen LogP contribution in [0, 0.1) is 0 Å². The summed E-state index contributed by atoms with van der Waals surface area (Å²) in [4.78, 5) is 42.7. The molecule has 2 heterocycles. The molecule has 1 aliphatic heterocycles. The number of nitrogens with zero attached hydrogens (tertiary/aromatic N) is 2. The molecule has 7 nitrogen and oxygen atoms in total. The first-order valence-electron chi connectivity index (χ1n) is 10.2. The first kappa shape index (κ1) is 22.0. The Kier molecular flexibility index (Phi) is 9.07. The van der Waals surface area contributed by atoms with E-state index in [0.29, 0.717) is 18.5 Å². The first-order valence-corrected chi connectivity index (χ1v) is 10.2. The van der Waals surface area contributed by atoms with Gasteiger partial charge in [-0.15, -0.1) is 0 Å². The lowest BCUT2D eigenvalue weighted by Crippen LogP contribution is -2.53. The van der Waals surface area contributed by atoms with Gasteiger partial charge in [-0.1, -0.05) is 19.3 Å². The van der Waals surface area contributed by atoms with E-state index in [0.717, 1.165) is 45.1 Å². The number of anilines is 1. The average Bonchev–Trinajstić information content (AvgIpc) is 2.67. The van der Waals surface area contributed by atoms with Crippen molar-refractivity contribution in [1.82, 2.24) is 15.2 Å². The molecule has 7 heteroatoms. The highest BCUT2D eigenvalue weighted by Crippen LogP contribution is 2.16. The predicted molar refractivity (Wildman–Crippen MR) is 109 cm³/mol. The summed E-state index contributed by atoms with van der Waals surface area (Å²) in [7, 11) is 1.95. The topological polar surface area (TPSA) is 91.4 Å². The minimum Gasteiger partial charge on any atom is -0.343 e. The van der Waals surface area contributed by atoms with E-state index in [-0.39, 0.29) is 23.6 Å². The molecule has 2 rings (SSSR count). The number of carbonyl (C=O) groups is 3. The number of likely N-dealkylation sites (N-methyl/N-ethyl adjacent to an activating group) is 1. The fourth-order valence-corrected chi connectivity index (χ4v) is 3.51. The lowest BCUT2D eigenvalue weighted by atomic mass is 10.0. The number of carbonyl (C=O) groups excluding carboxylic acids is 3. The molecule has 0 aromatic carbocycles. The molecule has 1 fully saturated rings. The van der Waals surface area contributed by atoms with E-state index in [1.165, 1.54) is 0 Å². The fraction of sp³-hybridized carbons (Fsp3) is 0.619. The van der Waals surface area contributed by atoms with Crippen molar-refractivity contribution in [2.75, 3.05) is 18.9 Å². The maximum absolute atomic E-state index is 12.8. The van der Waals surface area contributed by atoms with Crippen molar-refractivity contribution in [3.8, 4) is 0 Å². The second-order valence-corrected chi connectivity index (χ2v) is 7.59. The van der Waals surface area contributed by atoms with E-state index >= 15 is 0 Å². The zero-order chi connectivity index (χ0) is 20.4. The smallest absolute Gasteiger partial charge is 0.246 e. The van der Waals surface area contributed by atoms with Crippen LogP contribution in [0.4, 0.5) is 5.69 Å². The average molecular weight is 389 g/mol. The van der Waals surface area contributed by atoms with Crippen LogP contribution >= 0.6 is 0 Å². The molecule has 154 valence electrons. The molecule has 0 spiro atoms. The van der Waals surface area contributed by atoms with Crippen LogP contribution in [-0.4, -0.2) is 53.2 Å². The van der Waals surface area contributed by atoms with Gasteiger partial charge in [0.25, 0.3) is 0 Å². The highest BCUT2D eigenvalue weighted by atomic mass is 16.2. The van der Waals surface area contributed by atoms with E-state index in [1.807, 2.05) is 7.05 Å². The largest absolute Gasteiger partial charge is 0.343 e. The molecule has 0 bridgehead atoms. The molecule has 1 saturated heterocycles.